The van der Waals surface area contributed by atoms with Crippen molar-refractivity contribution in [1.29, 1.82) is 0 Å². The minimum Gasteiger partial charge on any atom is -0.372 e. The van der Waals surface area contributed by atoms with Crippen LogP contribution >= 0.6 is 11.3 Å². The molecule has 2 nitrogen and oxygen atoms in total. The first-order valence-corrected chi connectivity index (χ1v) is 9.80. The summed E-state index contributed by atoms with van der Waals surface area (Å²) in [7, 11) is 0. The Labute approximate surface area is 153 Å². The third-order valence-corrected chi connectivity index (χ3v) is 5.43. The Morgan fingerprint density at radius 1 is 0.840 bits per heavy atom. The maximum absolute atomic E-state index is 4.71. The molecule has 0 atom stereocenters. The lowest BCUT2D eigenvalue weighted by molar-refractivity contribution is 0.578. The van der Waals surface area contributed by atoms with Crippen LogP contribution in [0.1, 0.15) is 29.8 Å². The van der Waals surface area contributed by atoms with Crippen LogP contribution in [0.2, 0.25) is 0 Å². The quantitative estimate of drug-likeness (QED) is 0.578. The molecule has 3 aromatic rings. The molecule has 0 bridgehead atoms. The van der Waals surface area contributed by atoms with E-state index in [-0.39, 0.29) is 0 Å². The highest BCUT2D eigenvalue weighted by Gasteiger charge is 2.10. The molecular weight excluding hydrogens is 324 g/mol. The fourth-order valence-electron chi connectivity index (χ4n) is 3.22. The molecule has 3 heteroatoms. The maximum Gasteiger partial charge on any atom is 0.116 e. The van der Waals surface area contributed by atoms with Gasteiger partial charge in [0.2, 0.25) is 0 Å². The van der Waals surface area contributed by atoms with Gasteiger partial charge in [-0.1, -0.05) is 48.5 Å². The van der Waals surface area contributed by atoms with Crippen LogP contribution in [0.4, 0.5) is 5.69 Å². The Kier molecular flexibility index (Phi) is 4.93. The number of hydrogen-bond acceptors (Lipinski definition) is 3. The first-order chi connectivity index (χ1) is 12.4. The average molecular weight is 346 g/mol. The van der Waals surface area contributed by atoms with Gasteiger partial charge in [0.25, 0.3) is 0 Å². The summed E-state index contributed by atoms with van der Waals surface area (Å²) in [6.07, 6.45) is 8.25. The number of hydrogen-bond donors (Lipinski definition) is 0. The highest BCUT2D eigenvalue weighted by Crippen LogP contribution is 2.24. The van der Waals surface area contributed by atoms with Crippen molar-refractivity contribution in [3.63, 3.8) is 0 Å². The number of thiazole rings is 1. The number of rotatable bonds is 4. The fourth-order valence-corrected chi connectivity index (χ4v) is 3.94. The second-order valence-corrected chi connectivity index (χ2v) is 7.30. The number of piperidine rings is 1. The molecule has 0 spiro atoms. The van der Waals surface area contributed by atoms with Crippen molar-refractivity contribution in [1.82, 2.24) is 4.98 Å². The van der Waals surface area contributed by atoms with Gasteiger partial charge in [0.1, 0.15) is 5.01 Å². The van der Waals surface area contributed by atoms with Crippen LogP contribution in [0.5, 0.6) is 0 Å². The molecule has 4 rings (SSSR count). The summed E-state index contributed by atoms with van der Waals surface area (Å²) in [5.74, 6) is 0. The molecule has 2 heterocycles. The molecule has 1 saturated heterocycles. The van der Waals surface area contributed by atoms with Gasteiger partial charge in [-0.2, -0.15) is 0 Å². The average Bonchev–Trinajstić information content (AvgIpc) is 3.17. The Morgan fingerprint density at radius 2 is 1.60 bits per heavy atom. The van der Waals surface area contributed by atoms with Gasteiger partial charge in [0, 0.05) is 29.7 Å². The van der Waals surface area contributed by atoms with E-state index >= 15 is 0 Å². The molecule has 0 aliphatic carbocycles. The van der Waals surface area contributed by atoms with Crippen molar-refractivity contribution in [2.45, 2.75) is 19.3 Å². The summed E-state index contributed by atoms with van der Waals surface area (Å²) >= 11 is 1.68. The molecule has 0 N–H and O–H groups in total. The van der Waals surface area contributed by atoms with E-state index in [1.807, 2.05) is 18.2 Å². The van der Waals surface area contributed by atoms with E-state index in [2.05, 4.69) is 58.8 Å². The van der Waals surface area contributed by atoms with Crippen LogP contribution in [-0.4, -0.2) is 18.1 Å². The second-order valence-electron chi connectivity index (χ2n) is 6.41. The summed E-state index contributed by atoms with van der Waals surface area (Å²) in [4.78, 5) is 7.20. The smallest absolute Gasteiger partial charge is 0.116 e. The van der Waals surface area contributed by atoms with Gasteiger partial charge in [-0.05, 0) is 43.0 Å². The molecule has 1 aromatic heterocycles. The Bertz CT molecular complexity index is 828. The first-order valence-electron chi connectivity index (χ1n) is 8.92. The molecular formula is C22H22N2S. The van der Waals surface area contributed by atoms with Gasteiger partial charge < -0.3 is 4.90 Å². The molecule has 1 fully saturated rings. The van der Waals surface area contributed by atoms with E-state index in [4.69, 9.17) is 4.98 Å². The van der Waals surface area contributed by atoms with Crippen LogP contribution in [0.25, 0.3) is 23.4 Å². The molecule has 0 saturated carbocycles. The van der Waals surface area contributed by atoms with Crippen molar-refractivity contribution in [3.05, 3.63) is 70.5 Å². The lowest BCUT2D eigenvalue weighted by Crippen LogP contribution is -2.29. The summed E-state index contributed by atoms with van der Waals surface area (Å²) < 4.78 is 0. The summed E-state index contributed by atoms with van der Waals surface area (Å²) in [5.41, 5.74) is 4.78. The molecule has 0 radical (unpaired) electrons. The Hall–Kier alpha value is -2.39. The third kappa shape index (κ3) is 3.99. The van der Waals surface area contributed by atoms with E-state index in [1.165, 1.54) is 49.2 Å². The van der Waals surface area contributed by atoms with Crippen LogP contribution < -0.4 is 4.90 Å². The van der Waals surface area contributed by atoms with Gasteiger partial charge in [-0.15, -0.1) is 11.3 Å². The first kappa shape index (κ1) is 16.1. The van der Waals surface area contributed by atoms with E-state index < -0.39 is 0 Å². The SMILES string of the molecule is C(=Cc1nc(-c2ccccc2)cs1)c1ccc(N2CCCCC2)cc1. The summed E-state index contributed by atoms with van der Waals surface area (Å²) in [5, 5.41) is 3.16. The summed E-state index contributed by atoms with van der Waals surface area (Å²) in [6.45, 7) is 2.38. The van der Waals surface area contributed by atoms with Crippen LogP contribution in [0.15, 0.2) is 60.0 Å². The van der Waals surface area contributed by atoms with Crippen LogP contribution in [-0.2, 0) is 0 Å². The van der Waals surface area contributed by atoms with Crippen molar-refractivity contribution in [3.8, 4) is 11.3 Å². The van der Waals surface area contributed by atoms with Crippen LogP contribution in [0, 0.1) is 0 Å². The minimum atomic E-state index is 1.04. The molecule has 25 heavy (non-hydrogen) atoms. The zero-order valence-corrected chi connectivity index (χ0v) is 15.1. The standard InChI is InChI=1S/C22H22N2S/c1-3-7-19(8-4-1)21-17-25-22(23-21)14-11-18-9-12-20(13-10-18)24-15-5-2-6-16-24/h1,3-4,7-14,17H,2,5-6,15-16H2. The predicted octanol–water partition coefficient (Wildman–Crippen LogP) is 5.97. The van der Waals surface area contributed by atoms with Gasteiger partial charge in [-0.25, -0.2) is 4.98 Å². The van der Waals surface area contributed by atoms with Crippen molar-refractivity contribution < 1.29 is 0 Å². The van der Waals surface area contributed by atoms with Gasteiger partial charge in [-0.3, -0.25) is 0 Å². The van der Waals surface area contributed by atoms with Crippen molar-refractivity contribution >= 4 is 29.2 Å². The van der Waals surface area contributed by atoms with Crippen molar-refractivity contribution in [2.24, 2.45) is 0 Å². The molecule has 2 aromatic carbocycles. The van der Waals surface area contributed by atoms with E-state index in [0.717, 1.165) is 10.7 Å². The zero-order valence-electron chi connectivity index (χ0n) is 14.3. The van der Waals surface area contributed by atoms with Gasteiger partial charge in [0.15, 0.2) is 0 Å². The van der Waals surface area contributed by atoms with Crippen LogP contribution in [0.3, 0.4) is 0 Å². The van der Waals surface area contributed by atoms with E-state index in [0.29, 0.717) is 0 Å². The molecule has 126 valence electrons. The highest BCUT2D eigenvalue weighted by atomic mass is 32.1. The topological polar surface area (TPSA) is 16.1 Å². The molecule has 1 aliphatic heterocycles. The lowest BCUT2D eigenvalue weighted by Gasteiger charge is -2.28. The fraction of sp³-hybridized carbons (Fsp3) is 0.227. The highest BCUT2D eigenvalue weighted by molar-refractivity contribution is 7.10. The second kappa shape index (κ2) is 7.66. The third-order valence-electron chi connectivity index (χ3n) is 4.62. The Balaban J connectivity index is 1.44. The maximum atomic E-state index is 4.71. The summed E-state index contributed by atoms with van der Waals surface area (Å²) in [6, 6.07) is 19.2. The zero-order chi connectivity index (χ0) is 16.9. The number of anilines is 1. The van der Waals surface area contributed by atoms with E-state index in [9.17, 15) is 0 Å². The monoisotopic (exact) mass is 346 g/mol. The van der Waals surface area contributed by atoms with Gasteiger partial charge in [0.05, 0.1) is 5.69 Å². The largest absolute Gasteiger partial charge is 0.372 e. The number of nitrogens with zero attached hydrogens (tertiary/aromatic N) is 2. The molecule has 0 amide bonds. The normalized spacial score (nSPS) is 15.0. The van der Waals surface area contributed by atoms with E-state index in [1.54, 1.807) is 11.3 Å². The minimum absolute atomic E-state index is 1.04. The van der Waals surface area contributed by atoms with Gasteiger partial charge >= 0.3 is 0 Å². The molecule has 0 unspecified atom stereocenters. The predicted molar refractivity (Wildman–Crippen MR) is 109 cm³/mol. The van der Waals surface area contributed by atoms with Crippen molar-refractivity contribution in [2.75, 3.05) is 18.0 Å². The number of aromatic nitrogens is 1. The number of benzene rings is 2. The molecule has 1 aliphatic rings. The lowest BCUT2D eigenvalue weighted by atomic mass is 10.1. The Morgan fingerprint density at radius 3 is 2.36 bits per heavy atom.